The van der Waals surface area contributed by atoms with Crippen molar-refractivity contribution in [2.45, 2.75) is 6.54 Å². The van der Waals surface area contributed by atoms with E-state index in [1.165, 1.54) is 10.6 Å². The number of thiazole rings is 1. The predicted molar refractivity (Wildman–Crippen MR) is 104 cm³/mol. The van der Waals surface area contributed by atoms with Gasteiger partial charge >= 0.3 is 0 Å². The summed E-state index contributed by atoms with van der Waals surface area (Å²) in [5, 5.41) is 3.74. The topological polar surface area (TPSA) is 64.0 Å². The molecule has 4 aromatic rings. The molecule has 0 aliphatic rings. The summed E-state index contributed by atoms with van der Waals surface area (Å²) in [6, 6.07) is 20.4. The van der Waals surface area contributed by atoms with Crippen molar-refractivity contribution >= 4 is 33.1 Å². The second-order valence-corrected chi connectivity index (χ2v) is 6.81. The summed E-state index contributed by atoms with van der Waals surface area (Å²) in [5.41, 5.74) is 2.38. The highest BCUT2D eigenvalue weighted by Gasteiger charge is 2.08. The molecule has 0 radical (unpaired) electrons. The fraction of sp³-hybridized carbons (Fsp3) is 0.0500. The number of para-hydroxylation sites is 1. The lowest BCUT2D eigenvalue weighted by Crippen LogP contribution is -2.26. The van der Waals surface area contributed by atoms with Crippen LogP contribution in [0.4, 0.5) is 5.69 Å². The van der Waals surface area contributed by atoms with Gasteiger partial charge in [0.15, 0.2) is 0 Å². The summed E-state index contributed by atoms with van der Waals surface area (Å²) >= 11 is 1.61. The number of nitrogens with one attached hydrogen (secondary N) is 1. The van der Waals surface area contributed by atoms with E-state index in [1.807, 2.05) is 48.5 Å². The van der Waals surface area contributed by atoms with Crippen LogP contribution in [0.3, 0.4) is 0 Å². The normalized spacial score (nSPS) is 10.8. The first kappa shape index (κ1) is 16.2. The van der Waals surface area contributed by atoms with E-state index in [0.29, 0.717) is 5.69 Å². The molecule has 0 saturated heterocycles. The number of carbonyl (C=O) groups excluding carboxylic acids is 1. The second kappa shape index (κ2) is 6.93. The van der Waals surface area contributed by atoms with Gasteiger partial charge in [0.05, 0.1) is 10.2 Å². The van der Waals surface area contributed by atoms with Crippen LogP contribution in [0.25, 0.3) is 20.8 Å². The van der Waals surface area contributed by atoms with Gasteiger partial charge in [0.2, 0.25) is 5.91 Å². The minimum Gasteiger partial charge on any atom is -0.325 e. The van der Waals surface area contributed by atoms with E-state index in [-0.39, 0.29) is 18.0 Å². The van der Waals surface area contributed by atoms with Crippen molar-refractivity contribution in [1.29, 1.82) is 0 Å². The number of nitrogens with zero attached hydrogens (tertiary/aromatic N) is 2. The Morgan fingerprint density at radius 1 is 1.04 bits per heavy atom. The molecule has 128 valence electrons. The number of benzene rings is 2. The lowest BCUT2D eigenvalue weighted by atomic mass is 10.2. The molecule has 2 aromatic heterocycles. The zero-order valence-electron chi connectivity index (χ0n) is 13.8. The summed E-state index contributed by atoms with van der Waals surface area (Å²) in [4.78, 5) is 28.6. The molecule has 0 fully saturated rings. The van der Waals surface area contributed by atoms with Crippen LogP contribution in [0, 0.1) is 0 Å². The minimum absolute atomic E-state index is 0.0228. The molecular weight excluding hydrogens is 346 g/mol. The Balaban J connectivity index is 1.55. The van der Waals surface area contributed by atoms with Gasteiger partial charge in [-0.05, 0) is 30.3 Å². The average molecular weight is 361 g/mol. The van der Waals surface area contributed by atoms with E-state index in [9.17, 15) is 9.59 Å². The third-order valence-corrected chi connectivity index (χ3v) is 4.99. The highest BCUT2D eigenvalue weighted by Crippen LogP contribution is 2.31. The fourth-order valence-electron chi connectivity index (χ4n) is 2.67. The van der Waals surface area contributed by atoms with Crippen LogP contribution in [0.15, 0.2) is 77.7 Å². The van der Waals surface area contributed by atoms with Crippen LogP contribution >= 0.6 is 11.3 Å². The molecule has 2 heterocycles. The maximum Gasteiger partial charge on any atom is 0.250 e. The molecule has 0 bridgehead atoms. The summed E-state index contributed by atoms with van der Waals surface area (Å²) < 4.78 is 2.49. The maximum atomic E-state index is 12.2. The molecule has 1 N–H and O–H groups in total. The Hall–Kier alpha value is -3.25. The number of pyridine rings is 1. The summed E-state index contributed by atoms with van der Waals surface area (Å²) in [7, 11) is 0. The van der Waals surface area contributed by atoms with E-state index in [0.717, 1.165) is 20.8 Å². The summed E-state index contributed by atoms with van der Waals surface area (Å²) in [6.45, 7) is -0.0228. The zero-order chi connectivity index (χ0) is 17.9. The average Bonchev–Trinajstić information content (AvgIpc) is 3.08. The Labute approximate surface area is 153 Å². The molecule has 0 aliphatic heterocycles. The first-order chi connectivity index (χ1) is 12.7. The Bertz CT molecular complexity index is 1110. The van der Waals surface area contributed by atoms with Crippen molar-refractivity contribution in [3.05, 3.63) is 83.3 Å². The highest BCUT2D eigenvalue weighted by atomic mass is 32.1. The smallest absolute Gasteiger partial charge is 0.250 e. The van der Waals surface area contributed by atoms with Gasteiger partial charge in [0, 0.05) is 23.5 Å². The second-order valence-electron chi connectivity index (χ2n) is 5.78. The van der Waals surface area contributed by atoms with Gasteiger partial charge in [-0.3, -0.25) is 9.59 Å². The van der Waals surface area contributed by atoms with Crippen LogP contribution < -0.4 is 10.9 Å². The van der Waals surface area contributed by atoms with E-state index < -0.39 is 0 Å². The standard InChI is InChI=1S/C20H15N3O2S/c24-18(13-23-11-4-3-10-19(23)25)21-15-7-5-6-14(12-15)20-22-16-8-1-2-9-17(16)26-20/h1-12H,13H2,(H,21,24). The molecule has 0 aliphatic carbocycles. The van der Waals surface area contributed by atoms with Gasteiger partial charge in [-0.25, -0.2) is 4.98 Å². The Morgan fingerprint density at radius 2 is 1.88 bits per heavy atom. The molecule has 4 rings (SSSR count). The number of amides is 1. The van der Waals surface area contributed by atoms with Crippen LogP contribution in [0.1, 0.15) is 0 Å². The van der Waals surface area contributed by atoms with E-state index >= 15 is 0 Å². The van der Waals surface area contributed by atoms with Crippen LogP contribution in [0.2, 0.25) is 0 Å². The number of aromatic nitrogens is 2. The van der Waals surface area contributed by atoms with Gasteiger partial charge < -0.3 is 9.88 Å². The van der Waals surface area contributed by atoms with Crippen LogP contribution in [0.5, 0.6) is 0 Å². The molecular formula is C20H15N3O2S. The lowest BCUT2D eigenvalue weighted by Gasteiger charge is -2.08. The molecule has 6 heteroatoms. The molecule has 0 saturated carbocycles. The number of fused-ring (bicyclic) bond motifs is 1. The van der Waals surface area contributed by atoms with Crippen LogP contribution in [-0.2, 0) is 11.3 Å². The molecule has 1 amide bonds. The quantitative estimate of drug-likeness (QED) is 0.602. The van der Waals surface area contributed by atoms with Crippen molar-refractivity contribution in [2.24, 2.45) is 0 Å². The number of hydrogen-bond acceptors (Lipinski definition) is 4. The highest BCUT2D eigenvalue weighted by molar-refractivity contribution is 7.21. The summed E-state index contributed by atoms with van der Waals surface area (Å²) in [5.74, 6) is -0.250. The number of anilines is 1. The summed E-state index contributed by atoms with van der Waals surface area (Å²) in [6.07, 6.45) is 1.60. The number of hydrogen-bond donors (Lipinski definition) is 1. The molecule has 26 heavy (non-hydrogen) atoms. The predicted octanol–water partition coefficient (Wildman–Crippen LogP) is 3.76. The largest absolute Gasteiger partial charge is 0.325 e. The van der Waals surface area contributed by atoms with E-state index in [2.05, 4.69) is 10.3 Å². The molecule has 5 nitrogen and oxygen atoms in total. The van der Waals surface area contributed by atoms with Gasteiger partial charge in [0.1, 0.15) is 11.6 Å². The van der Waals surface area contributed by atoms with Crippen molar-refractivity contribution in [2.75, 3.05) is 5.32 Å². The van der Waals surface area contributed by atoms with Crippen LogP contribution in [-0.4, -0.2) is 15.5 Å². The van der Waals surface area contributed by atoms with E-state index in [1.54, 1.807) is 29.7 Å². The SMILES string of the molecule is O=C(Cn1ccccc1=O)Nc1cccc(-c2nc3ccccc3s2)c1. The van der Waals surface area contributed by atoms with Gasteiger partial charge in [-0.15, -0.1) is 11.3 Å². The fourth-order valence-corrected chi connectivity index (χ4v) is 3.63. The third kappa shape index (κ3) is 3.41. The maximum absolute atomic E-state index is 12.2. The van der Waals surface area contributed by atoms with Crippen molar-refractivity contribution < 1.29 is 4.79 Å². The minimum atomic E-state index is -0.250. The third-order valence-electron chi connectivity index (χ3n) is 3.90. The van der Waals surface area contributed by atoms with E-state index in [4.69, 9.17) is 0 Å². The van der Waals surface area contributed by atoms with Gasteiger partial charge in [-0.1, -0.05) is 30.3 Å². The Kier molecular flexibility index (Phi) is 4.33. The first-order valence-electron chi connectivity index (χ1n) is 8.10. The van der Waals surface area contributed by atoms with Gasteiger partial charge in [0.25, 0.3) is 5.56 Å². The van der Waals surface area contributed by atoms with Gasteiger partial charge in [-0.2, -0.15) is 0 Å². The van der Waals surface area contributed by atoms with Crippen molar-refractivity contribution in [1.82, 2.24) is 9.55 Å². The van der Waals surface area contributed by atoms with Crippen molar-refractivity contribution in [3.63, 3.8) is 0 Å². The number of rotatable bonds is 4. The molecule has 0 unspecified atom stereocenters. The van der Waals surface area contributed by atoms with Crippen molar-refractivity contribution in [3.8, 4) is 10.6 Å². The number of carbonyl (C=O) groups is 1. The lowest BCUT2D eigenvalue weighted by molar-refractivity contribution is -0.116. The molecule has 0 atom stereocenters. The first-order valence-corrected chi connectivity index (χ1v) is 8.92. The Morgan fingerprint density at radius 3 is 2.73 bits per heavy atom. The monoisotopic (exact) mass is 361 g/mol. The molecule has 2 aromatic carbocycles. The zero-order valence-corrected chi connectivity index (χ0v) is 14.6. The molecule has 0 spiro atoms.